The number of rotatable bonds is 6. The van der Waals surface area contributed by atoms with Crippen LogP contribution in [0.25, 0.3) is 0 Å². The summed E-state index contributed by atoms with van der Waals surface area (Å²) in [6, 6.07) is 19.8. The number of benzene rings is 3. The molecule has 142 valence electrons. The average molecular weight is 397 g/mol. The summed E-state index contributed by atoms with van der Waals surface area (Å²) in [4.78, 5) is 0. The summed E-state index contributed by atoms with van der Waals surface area (Å²) >= 11 is 1.37. The zero-order valence-electron chi connectivity index (χ0n) is 14.8. The first-order chi connectivity index (χ1) is 13.6. The lowest BCUT2D eigenvalue weighted by molar-refractivity contribution is 0.467. The molecule has 0 aliphatic rings. The van der Waals surface area contributed by atoms with Gasteiger partial charge in [0.05, 0.1) is 6.21 Å². The van der Waals surface area contributed by atoms with E-state index in [1.54, 1.807) is 24.3 Å². The first-order valence-corrected chi connectivity index (χ1v) is 9.35. The molecule has 0 radical (unpaired) electrons. The van der Waals surface area contributed by atoms with Crippen molar-refractivity contribution in [3.05, 3.63) is 95.6 Å². The first kappa shape index (κ1) is 19.6. The van der Waals surface area contributed by atoms with Crippen LogP contribution < -0.4 is 10.5 Å². The fraction of sp³-hybridized carbons (Fsp3) is 0.0476. The number of halogens is 2. The molecule has 0 atom stereocenters. The van der Waals surface area contributed by atoms with Crippen LogP contribution in [0.5, 0.6) is 11.5 Å². The number of nitrogens with two attached hydrogens (primary N) is 1. The predicted octanol–water partition coefficient (Wildman–Crippen LogP) is 5.34. The normalized spacial score (nSPS) is 11.7. The summed E-state index contributed by atoms with van der Waals surface area (Å²) in [6.07, 6.45) is 1.47. The Bertz CT molecular complexity index is 974. The van der Waals surface area contributed by atoms with E-state index in [1.807, 2.05) is 30.3 Å². The SMILES string of the molecule is NC(=NN=Cc1ccccc1Oc1cc(F)cc(F)c1)SCc1ccccc1. The molecular weight excluding hydrogens is 380 g/mol. The molecule has 0 spiro atoms. The molecule has 0 aliphatic carbocycles. The Morgan fingerprint density at radius 1 is 0.964 bits per heavy atom. The number of ether oxygens (including phenoxy) is 1. The van der Waals surface area contributed by atoms with Gasteiger partial charge in [-0.3, -0.25) is 0 Å². The molecule has 7 heteroatoms. The minimum atomic E-state index is -0.714. The Balaban J connectivity index is 1.66. The van der Waals surface area contributed by atoms with Gasteiger partial charge in [-0.25, -0.2) is 8.78 Å². The number of thioether (sulfide) groups is 1. The molecule has 28 heavy (non-hydrogen) atoms. The maximum absolute atomic E-state index is 13.3. The lowest BCUT2D eigenvalue weighted by Crippen LogP contribution is -2.06. The van der Waals surface area contributed by atoms with E-state index >= 15 is 0 Å². The van der Waals surface area contributed by atoms with Crippen LogP contribution in [0.3, 0.4) is 0 Å². The van der Waals surface area contributed by atoms with Crippen LogP contribution in [-0.4, -0.2) is 11.4 Å². The molecule has 0 amide bonds. The monoisotopic (exact) mass is 397 g/mol. The minimum Gasteiger partial charge on any atom is -0.456 e. The summed E-state index contributed by atoms with van der Waals surface area (Å²) in [5, 5.41) is 8.27. The van der Waals surface area contributed by atoms with E-state index in [0.29, 0.717) is 22.2 Å². The van der Waals surface area contributed by atoms with Gasteiger partial charge in [0.15, 0.2) is 5.17 Å². The molecule has 3 rings (SSSR count). The van der Waals surface area contributed by atoms with Crippen molar-refractivity contribution in [2.24, 2.45) is 15.9 Å². The Morgan fingerprint density at radius 2 is 1.64 bits per heavy atom. The second-order valence-electron chi connectivity index (χ2n) is 5.70. The molecule has 0 unspecified atom stereocenters. The van der Waals surface area contributed by atoms with Crippen LogP contribution >= 0.6 is 11.8 Å². The van der Waals surface area contributed by atoms with Crippen LogP contribution in [0.1, 0.15) is 11.1 Å². The van der Waals surface area contributed by atoms with Gasteiger partial charge in [0.25, 0.3) is 0 Å². The van der Waals surface area contributed by atoms with E-state index in [1.165, 1.54) is 18.0 Å². The van der Waals surface area contributed by atoms with Crippen LogP contribution in [0.15, 0.2) is 83.0 Å². The summed E-state index contributed by atoms with van der Waals surface area (Å²) in [7, 11) is 0. The Labute approximate surface area is 165 Å². The highest BCUT2D eigenvalue weighted by Crippen LogP contribution is 2.25. The highest BCUT2D eigenvalue weighted by molar-refractivity contribution is 8.13. The molecule has 2 N–H and O–H groups in total. The third-order valence-corrected chi connectivity index (χ3v) is 4.42. The molecule has 0 fully saturated rings. The van der Waals surface area contributed by atoms with Crippen molar-refractivity contribution in [3.8, 4) is 11.5 Å². The maximum Gasteiger partial charge on any atom is 0.180 e. The second kappa shape index (κ2) is 9.66. The quantitative estimate of drug-likeness (QED) is 0.347. The fourth-order valence-electron chi connectivity index (χ4n) is 2.30. The van der Waals surface area contributed by atoms with E-state index < -0.39 is 11.6 Å². The molecule has 3 aromatic carbocycles. The van der Waals surface area contributed by atoms with Crippen LogP contribution in [0.2, 0.25) is 0 Å². The third-order valence-electron chi connectivity index (χ3n) is 3.57. The number of nitrogens with zero attached hydrogens (tertiary/aromatic N) is 2. The van der Waals surface area contributed by atoms with Gasteiger partial charge in [-0.15, -0.1) is 5.10 Å². The third kappa shape index (κ3) is 5.92. The zero-order chi connectivity index (χ0) is 19.8. The number of hydrogen-bond donors (Lipinski definition) is 1. The van der Waals surface area contributed by atoms with Crippen molar-refractivity contribution < 1.29 is 13.5 Å². The van der Waals surface area contributed by atoms with Gasteiger partial charge in [0.1, 0.15) is 23.1 Å². The van der Waals surface area contributed by atoms with Crippen molar-refractivity contribution >= 4 is 23.1 Å². The van der Waals surface area contributed by atoms with Gasteiger partial charge in [-0.2, -0.15) is 5.10 Å². The van der Waals surface area contributed by atoms with Crippen molar-refractivity contribution in [2.75, 3.05) is 0 Å². The summed E-state index contributed by atoms with van der Waals surface area (Å²) in [6.45, 7) is 0. The predicted molar refractivity (Wildman–Crippen MR) is 110 cm³/mol. The zero-order valence-corrected chi connectivity index (χ0v) is 15.6. The number of para-hydroxylation sites is 1. The number of hydrogen-bond acceptors (Lipinski definition) is 4. The van der Waals surface area contributed by atoms with E-state index in [4.69, 9.17) is 10.5 Å². The first-order valence-electron chi connectivity index (χ1n) is 8.36. The Kier molecular flexibility index (Phi) is 6.75. The molecular formula is C21H17F2N3OS. The standard InChI is InChI=1S/C21H17F2N3OS/c22-17-10-18(23)12-19(11-17)27-20-9-5-4-8-16(20)13-25-26-21(24)28-14-15-6-2-1-3-7-15/h1-13H,14H2,(H2,24,26). The lowest BCUT2D eigenvalue weighted by atomic mass is 10.2. The second-order valence-corrected chi connectivity index (χ2v) is 6.70. The largest absolute Gasteiger partial charge is 0.456 e. The van der Waals surface area contributed by atoms with Gasteiger partial charge in [-0.1, -0.05) is 54.2 Å². The minimum absolute atomic E-state index is 0.0554. The van der Waals surface area contributed by atoms with Crippen molar-refractivity contribution in [1.29, 1.82) is 0 Å². The highest BCUT2D eigenvalue weighted by Gasteiger charge is 2.06. The Morgan fingerprint density at radius 3 is 2.39 bits per heavy atom. The maximum atomic E-state index is 13.3. The molecule has 0 aromatic heterocycles. The van der Waals surface area contributed by atoms with Gasteiger partial charge in [-0.05, 0) is 17.7 Å². The van der Waals surface area contributed by atoms with Crippen LogP contribution in [0, 0.1) is 11.6 Å². The molecule has 0 aliphatic heterocycles. The van der Waals surface area contributed by atoms with Gasteiger partial charge >= 0.3 is 0 Å². The van der Waals surface area contributed by atoms with Crippen molar-refractivity contribution in [1.82, 2.24) is 0 Å². The smallest absolute Gasteiger partial charge is 0.180 e. The van der Waals surface area contributed by atoms with E-state index in [0.717, 1.165) is 23.8 Å². The van der Waals surface area contributed by atoms with E-state index in [-0.39, 0.29) is 5.75 Å². The topological polar surface area (TPSA) is 60.0 Å². The fourth-order valence-corrected chi connectivity index (χ4v) is 2.91. The summed E-state index contributed by atoms with van der Waals surface area (Å²) in [5.74, 6) is -0.291. The summed E-state index contributed by atoms with van der Waals surface area (Å²) in [5.41, 5.74) is 7.59. The van der Waals surface area contributed by atoms with Gasteiger partial charge in [0.2, 0.25) is 0 Å². The van der Waals surface area contributed by atoms with E-state index in [9.17, 15) is 8.78 Å². The van der Waals surface area contributed by atoms with Crippen LogP contribution in [0.4, 0.5) is 8.78 Å². The average Bonchev–Trinajstić information content (AvgIpc) is 2.68. The van der Waals surface area contributed by atoms with Gasteiger partial charge < -0.3 is 10.5 Å². The number of amidine groups is 1. The lowest BCUT2D eigenvalue weighted by Gasteiger charge is -2.08. The van der Waals surface area contributed by atoms with Crippen molar-refractivity contribution in [2.45, 2.75) is 5.75 Å². The molecule has 0 saturated heterocycles. The Hall–Kier alpha value is -3.19. The summed E-state index contributed by atoms with van der Waals surface area (Å²) < 4.78 is 32.3. The molecule has 4 nitrogen and oxygen atoms in total. The molecule has 0 heterocycles. The van der Waals surface area contributed by atoms with E-state index in [2.05, 4.69) is 10.2 Å². The van der Waals surface area contributed by atoms with Gasteiger partial charge in [0, 0.05) is 29.5 Å². The molecule has 0 bridgehead atoms. The van der Waals surface area contributed by atoms with Crippen molar-refractivity contribution in [3.63, 3.8) is 0 Å². The highest BCUT2D eigenvalue weighted by atomic mass is 32.2. The molecule has 3 aromatic rings. The molecule has 0 saturated carbocycles. The van der Waals surface area contributed by atoms with Crippen LogP contribution in [-0.2, 0) is 5.75 Å².